The molecule has 0 bridgehead atoms. The highest BCUT2D eigenvalue weighted by molar-refractivity contribution is 7.80. The first-order valence-electron chi connectivity index (χ1n) is 12.1. The van der Waals surface area contributed by atoms with Gasteiger partial charge in [0.25, 0.3) is 0 Å². The molecule has 3 heterocycles. The van der Waals surface area contributed by atoms with Gasteiger partial charge in [-0.1, -0.05) is 13.8 Å². The van der Waals surface area contributed by atoms with Gasteiger partial charge < -0.3 is 70.7 Å². The summed E-state index contributed by atoms with van der Waals surface area (Å²) < 4.78 is 27.6. The largest absolute Gasteiger partial charge is 0.390 e. The number of rotatable bonds is 8. The van der Waals surface area contributed by atoms with Gasteiger partial charge in [0.05, 0.1) is 24.8 Å². The van der Waals surface area contributed by atoms with E-state index in [0.29, 0.717) is 0 Å². The standard InChI is InChI=1S/C21H39N3O12S/c1-6(37)4-23-10-14(28)16(34-21-11(24-8(3)25)12(26)7(2)17(29)35-21)19(31)36-20(10)33-15-13(27)9(22)5-32-18(15)30/h6-7,9-21,23,26-31,37H,4-5,22H2,1-3H3,(H,24,25)/t6?,7-,9?,10?,11?,12+,13-,14-,15+,16+,17?,18?,19?,20-,21-/m1/s1. The number of hydrogen-bond acceptors (Lipinski definition) is 15. The summed E-state index contributed by atoms with van der Waals surface area (Å²) in [7, 11) is 0. The summed E-state index contributed by atoms with van der Waals surface area (Å²) >= 11 is 4.31. The summed E-state index contributed by atoms with van der Waals surface area (Å²) in [6.07, 6.45) is -14.8. The Morgan fingerprint density at radius 2 is 1.54 bits per heavy atom. The van der Waals surface area contributed by atoms with Crippen molar-refractivity contribution < 1.29 is 59.1 Å². The van der Waals surface area contributed by atoms with E-state index in [9.17, 15) is 35.4 Å². The number of thiol groups is 1. The van der Waals surface area contributed by atoms with Gasteiger partial charge in [-0.25, -0.2) is 0 Å². The highest BCUT2D eigenvalue weighted by Crippen LogP contribution is 2.31. The van der Waals surface area contributed by atoms with Gasteiger partial charge in [-0.05, 0) is 0 Å². The summed E-state index contributed by atoms with van der Waals surface area (Å²) in [5, 5.41) is 68.5. The predicted molar refractivity (Wildman–Crippen MR) is 126 cm³/mol. The monoisotopic (exact) mass is 557 g/mol. The third kappa shape index (κ3) is 7.29. The Morgan fingerprint density at radius 3 is 2.14 bits per heavy atom. The highest BCUT2D eigenvalue weighted by Gasteiger charge is 2.52. The van der Waals surface area contributed by atoms with Gasteiger partial charge >= 0.3 is 0 Å². The van der Waals surface area contributed by atoms with Crippen molar-refractivity contribution in [1.29, 1.82) is 0 Å². The maximum atomic E-state index is 11.7. The van der Waals surface area contributed by atoms with Crippen molar-refractivity contribution in [2.24, 2.45) is 11.7 Å². The topological polar surface area (TPSA) is 235 Å². The van der Waals surface area contributed by atoms with Crippen LogP contribution in [0, 0.1) is 5.92 Å². The van der Waals surface area contributed by atoms with Crippen molar-refractivity contribution in [3.8, 4) is 0 Å². The fourth-order valence-electron chi connectivity index (χ4n) is 4.40. The van der Waals surface area contributed by atoms with Crippen molar-refractivity contribution in [2.75, 3.05) is 13.2 Å². The molecule has 7 unspecified atom stereocenters. The van der Waals surface area contributed by atoms with E-state index >= 15 is 0 Å². The smallest absolute Gasteiger partial charge is 0.217 e. The number of nitrogens with one attached hydrogen (secondary N) is 2. The number of carbonyl (C=O) groups excluding carboxylic acids is 1. The third-order valence-electron chi connectivity index (χ3n) is 6.59. The van der Waals surface area contributed by atoms with Crippen LogP contribution < -0.4 is 16.4 Å². The zero-order chi connectivity index (χ0) is 27.6. The Balaban J connectivity index is 1.80. The summed E-state index contributed by atoms with van der Waals surface area (Å²) in [5.74, 6) is -1.29. The second kappa shape index (κ2) is 13.1. The molecule has 3 rings (SSSR count). The predicted octanol–water partition coefficient (Wildman–Crippen LogP) is -4.72. The molecule has 3 aliphatic rings. The molecule has 37 heavy (non-hydrogen) atoms. The minimum absolute atomic E-state index is 0.110. The Morgan fingerprint density at radius 1 is 0.973 bits per heavy atom. The lowest BCUT2D eigenvalue weighted by Crippen LogP contribution is -2.69. The number of aliphatic hydroxyl groups is 6. The van der Waals surface area contributed by atoms with Crippen LogP contribution in [0.3, 0.4) is 0 Å². The molecule has 0 radical (unpaired) electrons. The number of amides is 1. The lowest BCUT2D eigenvalue weighted by Gasteiger charge is -2.48. The van der Waals surface area contributed by atoms with Crippen LogP contribution in [0.15, 0.2) is 0 Å². The average molecular weight is 558 g/mol. The van der Waals surface area contributed by atoms with Gasteiger partial charge in [0, 0.05) is 24.6 Å². The highest BCUT2D eigenvalue weighted by atomic mass is 32.1. The van der Waals surface area contributed by atoms with E-state index in [4.69, 9.17) is 29.4 Å². The van der Waals surface area contributed by atoms with E-state index < -0.39 is 91.9 Å². The van der Waals surface area contributed by atoms with E-state index in [2.05, 4.69) is 23.3 Å². The van der Waals surface area contributed by atoms with Gasteiger partial charge in [0.15, 0.2) is 31.5 Å². The minimum Gasteiger partial charge on any atom is -0.390 e. The SMILES string of the molecule is CC(=O)NC1[C@H](O[C@@H]2C(O)O[C@@H](O[C@@H]3C(O)OCC(N)[C@H]3O)C(NCC(C)S)[C@H]2O)OC(O)[C@H](C)[C@@H]1O. The van der Waals surface area contributed by atoms with Gasteiger partial charge in [-0.2, -0.15) is 12.6 Å². The first-order chi connectivity index (χ1) is 17.3. The van der Waals surface area contributed by atoms with Crippen LogP contribution in [-0.4, -0.2) is 135 Å². The van der Waals surface area contributed by atoms with E-state index in [1.807, 2.05) is 0 Å². The van der Waals surface area contributed by atoms with Crippen LogP contribution in [0.1, 0.15) is 20.8 Å². The molecule has 0 saturated carbocycles. The van der Waals surface area contributed by atoms with Gasteiger partial charge in [0.1, 0.15) is 30.5 Å². The Kier molecular flexibility index (Phi) is 10.9. The third-order valence-corrected chi connectivity index (χ3v) is 6.78. The fourth-order valence-corrected chi connectivity index (χ4v) is 4.51. The first kappa shape index (κ1) is 30.8. The van der Waals surface area contributed by atoms with Crippen LogP contribution in [0.25, 0.3) is 0 Å². The Bertz CT molecular complexity index is 756. The molecule has 0 aromatic rings. The van der Waals surface area contributed by atoms with E-state index in [0.717, 1.165) is 0 Å². The average Bonchev–Trinajstić information content (AvgIpc) is 2.82. The second-order valence-corrected chi connectivity index (χ2v) is 10.6. The van der Waals surface area contributed by atoms with E-state index in [-0.39, 0.29) is 18.4 Å². The van der Waals surface area contributed by atoms with Crippen molar-refractivity contribution >= 4 is 18.5 Å². The molecule has 15 atom stereocenters. The normalized spacial score (nSPS) is 47.9. The van der Waals surface area contributed by atoms with E-state index in [1.54, 1.807) is 6.92 Å². The molecule has 10 N–H and O–H groups in total. The van der Waals surface area contributed by atoms with Crippen molar-refractivity contribution in [3.05, 3.63) is 0 Å². The second-order valence-electron chi connectivity index (χ2n) is 9.72. The zero-order valence-corrected chi connectivity index (χ0v) is 21.6. The van der Waals surface area contributed by atoms with Crippen LogP contribution >= 0.6 is 12.6 Å². The van der Waals surface area contributed by atoms with Crippen molar-refractivity contribution in [1.82, 2.24) is 10.6 Å². The number of carbonyl (C=O) groups is 1. The number of aliphatic hydroxyl groups excluding tert-OH is 6. The maximum Gasteiger partial charge on any atom is 0.217 e. The Labute approximate surface area is 219 Å². The maximum absolute atomic E-state index is 11.7. The number of ether oxygens (including phenoxy) is 5. The molecular formula is C21H39N3O12S. The lowest BCUT2D eigenvalue weighted by atomic mass is 9.93. The molecule has 3 aliphatic heterocycles. The molecule has 15 nitrogen and oxygen atoms in total. The number of nitrogens with two attached hydrogens (primary N) is 1. The Hall–Kier alpha value is -0.700. The van der Waals surface area contributed by atoms with Gasteiger partial charge in [0.2, 0.25) is 5.91 Å². The molecule has 0 aromatic carbocycles. The fraction of sp³-hybridized carbons (Fsp3) is 0.952. The quantitative estimate of drug-likeness (QED) is 0.126. The van der Waals surface area contributed by atoms with Gasteiger partial charge in [-0.3, -0.25) is 4.79 Å². The summed E-state index contributed by atoms with van der Waals surface area (Å²) in [6.45, 7) is 4.65. The lowest BCUT2D eigenvalue weighted by molar-refractivity contribution is -0.383. The van der Waals surface area contributed by atoms with Crippen LogP contribution in [-0.2, 0) is 28.5 Å². The minimum atomic E-state index is -1.84. The summed E-state index contributed by atoms with van der Waals surface area (Å²) in [5.41, 5.74) is 5.79. The molecule has 0 spiro atoms. The molecule has 3 saturated heterocycles. The number of hydrogen-bond donors (Lipinski definition) is 10. The van der Waals surface area contributed by atoms with Crippen LogP contribution in [0.2, 0.25) is 0 Å². The summed E-state index contributed by atoms with van der Waals surface area (Å²) in [6, 6.07) is -3.10. The molecule has 3 fully saturated rings. The van der Waals surface area contributed by atoms with E-state index in [1.165, 1.54) is 13.8 Å². The molecular weight excluding hydrogens is 518 g/mol. The summed E-state index contributed by atoms with van der Waals surface area (Å²) in [4.78, 5) is 11.7. The van der Waals surface area contributed by atoms with Crippen molar-refractivity contribution in [3.63, 3.8) is 0 Å². The van der Waals surface area contributed by atoms with Gasteiger partial charge in [-0.15, -0.1) is 0 Å². The van der Waals surface area contributed by atoms with Crippen LogP contribution in [0.5, 0.6) is 0 Å². The van der Waals surface area contributed by atoms with Crippen molar-refractivity contribution in [2.45, 2.75) is 106 Å². The van der Waals surface area contributed by atoms with Crippen LogP contribution in [0.4, 0.5) is 0 Å². The molecule has 0 aliphatic carbocycles. The zero-order valence-electron chi connectivity index (χ0n) is 20.7. The molecule has 0 aromatic heterocycles. The molecule has 216 valence electrons. The molecule has 16 heteroatoms. The first-order valence-corrected chi connectivity index (χ1v) is 12.6. The molecule has 1 amide bonds.